The Morgan fingerprint density at radius 2 is 2.29 bits per heavy atom. The predicted octanol–water partition coefficient (Wildman–Crippen LogP) is -0.753. The van der Waals surface area contributed by atoms with Crippen LogP contribution in [0.4, 0.5) is 0 Å². The Balaban J connectivity index is 2.89. The zero-order valence-corrected chi connectivity index (χ0v) is 7.50. The molecule has 0 radical (unpaired) electrons. The molecule has 0 saturated carbocycles. The second-order valence-electron chi connectivity index (χ2n) is 2.88. The van der Waals surface area contributed by atoms with Crippen LogP contribution in [0, 0.1) is 0 Å². The summed E-state index contributed by atoms with van der Waals surface area (Å²) in [4.78, 5) is 14.3. The molecule has 0 spiro atoms. The van der Waals surface area contributed by atoms with Gasteiger partial charge in [-0.1, -0.05) is 0 Å². The third-order valence-electron chi connectivity index (χ3n) is 1.85. The lowest BCUT2D eigenvalue weighted by Gasteiger charge is -2.15. The van der Waals surface area contributed by atoms with Crippen molar-refractivity contribution in [1.82, 2.24) is 4.98 Å². The van der Waals surface area contributed by atoms with E-state index in [0.717, 1.165) is 0 Å². The van der Waals surface area contributed by atoms with Gasteiger partial charge in [0.2, 0.25) is 0 Å². The standard InChI is InChI=1S/C9H12N2O3/c10-4-8(13)9(14)7-3-6(5-12)1-2-11-7/h1-3,5,8-9,13-14H,4,10H2. The Kier molecular flexibility index (Phi) is 3.70. The lowest BCUT2D eigenvalue weighted by Crippen LogP contribution is -2.27. The molecule has 2 atom stereocenters. The summed E-state index contributed by atoms with van der Waals surface area (Å²) in [7, 11) is 0. The number of aldehydes is 1. The normalized spacial score (nSPS) is 14.8. The average Bonchev–Trinajstić information content (AvgIpc) is 2.27. The third kappa shape index (κ3) is 2.35. The Bertz CT molecular complexity index is 317. The number of hydrogen-bond donors (Lipinski definition) is 3. The molecular weight excluding hydrogens is 184 g/mol. The predicted molar refractivity (Wildman–Crippen MR) is 49.6 cm³/mol. The van der Waals surface area contributed by atoms with Crippen molar-refractivity contribution in [1.29, 1.82) is 0 Å². The summed E-state index contributed by atoms with van der Waals surface area (Å²) in [5, 5.41) is 18.7. The maximum absolute atomic E-state index is 10.4. The highest BCUT2D eigenvalue weighted by Gasteiger charge is 2.17. The summed E-state index contributed by atoms with van der Waals surface area (Å²) in [5.41, 5.74) is 5.82. The van der Waals surface area contributed by atoms with E-state index in [1.54, 1.807) is 0 Å². The molecule has 0 aliphatic rings. The molecule has 76 valence electrons. The summed E-state index contributed by atoms with van der Waals surface area (Å²) < 4.78 is 0. The van der Waals surface area contributed by atoms with E-state index in [-0.39, 0.29) is 12.2 Å². The maximum atomic E-state index is 10.4. The van der Waals surface area contributed by atoms with E-state index in [0.29, 0.717) is 11.8 Å². The lowest BCUT2D eigenvalue weighted by atomic mass is 10.1. The largest absolute Gasteiger partial charge is 0.389 e. The number of hydrogen-bond acceptors (Lipinski definition) is 5. The van der Waals surface area contributed by atoms with Crippen LogP contribution < -0.4 is 5.73 Å². The fourth-order valence-electron chi connectivity index (χ4n) is 1.03. The molecule has 0 aromatic carbocycles. The van der Waals surface area contributed by atoms with Crippen LogP contribution in [-0.4, -0.2) is 34.1 Å². The highest BCUT2D eigenvalue weighted by Crippen LogP contribution is 2.14. The van der Waals surface area contributed by atoms with E-state index in [1.807, 2.05) is 0 Å². The van der Waals surface area contributed by atoms with E-state index in [9.17, 15) is 15.0 Å². The first-order valence-electron chi connectivity index (χ1n) is 4.16. The molecule has 0 aliphatic heterocycles. The molecular formula is C9H12N2O3. The number of aliphatic hydroxyl groups excluding tert-OH is 2. The van der Waals surface area contributed by atoms with Crippen molar-refractivity contribution < 1.29 is 15.0 Å². The van der Waals surface area contributed by atoms with Gasteiger partial charge in [-0.25, -0.2) is 0 Å². The van der Waals surface area contributed by atoms with Crippen LogP contribution in [0.3, 0.4) is 0 Å². The van der Waals surface area contributed by atoms with Gasteiger partial charge in [-0.3, -0.25) is 9.78 Å². The molecule has 5 nitrogen and oxygen atoms in total. The zero-order chi connectivity index (χ0) is 10.6. The molecule has 1 heterocycles. The van der Waals surface area contributed by atoms with Gasteiger partial charge in [0, 0.05) is 18.3 Å². The molecule has 14 heavy (non-hydrogen) atoms. The van der Waals surface area contributed by atoms with Gasteiger partial charge < -0.3 is 15.9 Å². The number of carbonyl (C=O) groups excluding carboxylic acids is 1. The molecule has 0 bridgehead atoms. The molecule has 1 rings (SSSR count). The summed E-state index contributed by atoms with van der Waals surface area (Å²) in [6.45, 7) is -0.0613. The van der Waals surface area contributed by atoms with Crippen LogP contribution in [0.25, 0.3) is 0 Å². The summed E-state index contributed by atoms with van der Waals surface area (Å²) in [6.07, 6.45) is -0.178. The number of pyridine rings is 1. The number of aromatic nitrogens is 1. The van der Waals surface area contributed by atoms with Crippen LogP contribution in [-0.2, 0) is 0 Å². The quantitative estimate of drug-likeness (QED) is 0.550. The van der Waals surface area contributed by atoms with Gasteiger partial charge in [0.1, 0.15) is 12.4 Å². The van der Waals surface area contributed by atoms with Crippen molar-refractivity contribution in [2.75, 3.05) is 6.54 Å². The van der Waals surface area contributed by atoms with Gasteiger partial charge in [-0.15, -0.1) is 0 Å². The summed E-state index contributed by atoms with van der Waals surface area (Å²) in [6, 6.07) is 2.93. The van der Waals surface area contributed by atoms with Crippen LogP contribution in [0.1, 0.15) is 22.2 Å². The first kappa shape index (κ1) is 10.8. The van der Waals surface area contributed by atoms with Crippen LogP contribution >= 0.6 is 0 Å². The van der Waals surface area contributed by atoms with Gasteiger partial charge in [0.15, 0.2) is 0 Å². The fourth-order valence-corrected chi connectivity index (χ4v) is 1.03. The second-order valence-corrected chi connectivity index (χ2v) is 2.88. The maximum Gasteiger partial charge on any atom is 0.150 e. The van der Waals surface area contributed by atoms with Crippen molar-refractivity contribution in [3.05, 3.63) is 29.6 Å². The Morgan fingerprint density at radius 1 is 1.57 bits per heavy atom. The van der Waals surface area contributed by atoms with Crippen molar-refractivity contribution in [3.63, 3.8) is 0 Å². The van der Waals surface area contributed by atoms with E-state index in [4.69, 9.17) is 5.73 Å². The number of aliphatic hydroxyl groups is 2. The zero-order valence-electron chi connectivity index (χ0n) is 7.50. The highest BCUT2D eigenvalue weighted by molar-refractivity contribution is 5.74. The Morgan fingerprint density at radius 3 is 2.86 bits per heavy atom. The highest BCUT2D eigenvalue weighted by atomic mass is 16.3. The van der Waals surface area contributed by atoms with Crippen molar-refractivity contribution >= 4 is 6.29 Å². The molecule has 0 fully saturated rings. The fraction of sp³-hybridized carbons (Fsp3) is 0.333. The minimum atomic E-state index is -1.15. The van der Waals surface area contributed by atoms with Crippen molar-refractivity contribution in [2.45, 2.75) is 12.2 Å². The summed E-state index contributed by atoms with van der Waals surface area (Å²) in [5.74, 6) is 0. The van der Waals surface area contributed by atoms with Crippen molar-refractivity contribution in [2.24, 2.45) is 5.73 Å². The van der Waals surface area contributed by atoms with Crippen LogP contribution in [0.2, 0.25) is 0 Å². The molecule has 5 heteroatoms. The smallest absolute Gasteiger partial charge is 0.150 e. The molecule has 0 saturated heterocycles. The van der Waals surface area contributed by atoms with Crippen LogP contribution in [0.15, 0.2) is 18.3 Å². The van der Waals surface area contributed by atoms with Gasteiger partial charge in [0.05, 0.1) is 11.8 Å². The molecule has 1 aromatic rings. The number of nitrogens with zero attached hydrogens (tertiary/aromatic N) is 1. The van der Waals surface area contributed by atoms with Gasteiger partial charge >= 0.3 is 0 Å². The van der Waals surface area contributed by atoms with Crippen molar-refractivity contribution in [3.8, 4) is 0 Å². The Labute approximate surface area is 81.2 Å². The minimum absolute atomic E-state index is 0.0613. The van der Waals surface area contributed by atoms with E-state index < -0.39 is 12.2 Å². The monoisotopic (exact) mass is 196 g/mol. The molecule has 1 aromatic heterocycles. The summed E-state index contributed by atoms with van der Waals surface area (Å²) >= 11 is 0. The van der Waals surface area contributed by atoms with E-state index in [1.165, 1.54) is 18.3 Å². The first-order valence-corrected chi connectivity index (χ1v) is 4.16. The van der Waals surface area contributed by atoms with Gasteiger partial charge in [-0.05, 0) is 12.1 Å². The number of rotatable bonds is 4. The third-order valence-corrected chi connectivity index (χ3v) is 1.85. The van der Waals surface area contributed by atoms with E-state index >= 15 is 0 Å². The van der Waals surface area contributed by atoms with Gasteiger partial charge in [-0.2, -0.15) is 0 Å². The first-order chi connectivity index (χ1) is 6.69. The average molecular weight is 196 g/mol. The second kappa shape index (κ2) is 4.80. The molecule has 0 aliphatic carbocycles. The SMILES string of the molecule is NCC(O)C(O)c1cc(C=O)ccn1. The Hall–Kier alpha value is -1.30. The van der Waals surface area contributed by atoms with Gasteiger partial charge in [0.25, 0.3) is 0 Å². The lowest BCUT2D eigenvalue weighted by molar-refractivity contribution is 0.0217. The minimum Gasteiger partial charge on any atom is -0.389 e. The topological polar surface area (TPSA) is 96.4 Å². The van der Waals surface area contributed by atoms with E-state index in [2.05, 4.69) is 4.98 Å². The molecule has 2 unspecified atom stereocenters. The van der Waals surface area contributed by atoms with Crippen LogP contribution in [0.5, 0.6) is 0 Å². The molecule has 4 N–H and O–H groups in total. The number of nitrogens with two attached hydrogens (primary N) is 1. The molecule has 0 amide bonds. The number of carbonyl (C=O) groups is 1.